The van der Waals surface area contributed by atoms with Crippen LogP contribution in [0.15, 0.2) is 249 Å². The molecule has 0 N–H and O–H groups in total. The zero-order chi connectivity index (χ0) is 45.0. The predicted octanol–water partition coefficient (Wildman–Crippen LogP) is 16.1. The first kappa shape index (κ1) is 39.2. The summed E-state index contributed by atoms with van der Waals surface area (Å²) >= 11 is 0. The summed E-state index contributed by atoms with van der Waals surface area (Å²) in [6.07, 6.45) is 0. The van der Waals surface area contributed by atoms with Crippen LogP contribution >= 0.6 is 0 Å². The normalized spacial score (nSPS) is 11.5. The standard InChI is InChI=1S/C63H41N5/c1-4-18-42(19-5-1)43-32-34-45(35-33-43)54-40-47(37-39-59(54)67-55-28-14-10-24-50(55)51-25-11-15-29-56(51)67)62-64-61(46-22-8-3-9-23-46)65-63(66-62)48-36-38-49(44-20-6-2-7-21-44)60(41-48)68-57-30-16-12-26-52(57)53-27-13-17-31-58(53)68/h1-41H. The van der Waals surface area contributed by atoms with Crippen molar-refractivity contribution >= 4 is 43.6 Å². The summed E-state index contributed by atoms with van der Waals surface area (Å²) in [6, 6.07) is 88.2. The number of benzene rings is 10. The van der Waals surface area contributed by atoms with E-state index >= 15 is 0 Å². The number of aromatic nitrogens is 5. The first-order valence-electron chi connectivity index (χ1n) is 23.0. The molecule has 13 rings (SSSR count). The van der Waals surface area contributed by atoms with Crippen LogP contribution in [-0.4, -0.2) is 24.1 Å². The molecule has 0 amide bonds. The first-order chi connectivity index (χ1) is 33.7. The van der Waals surface area contributed by atoms with Crippen LogP contribution in [0.5, 0.6) is 0 Å². The van der Waals surface area contributed by atoms with E-state index < -0.39 is 0 Å². The van der Waals surface area contributed by atoms with E-state index in [9.17, 15) is 0 Å². The molecule has 318 valence electrons. The van der Waals surface area contributed by atoms with Crippen molar-refractivity contribution in [1.82, 2.24) is 24.1 Å². The van der Waals surface area contributed by atoms with Gasteiger partial charge >= 0.3 is 0 Å². The van der Waals surface area contributed by atoms with Gasteiger partial charge in [0.1, 0.15) is 0 Å². The van der Waals surface area contributed by atoms with Crippen LogP contribution in [0.1, 0.15) is 0 Å². The Bertz CT molecular complexity index is 3900. The molecule has 3 heterocycles. The predicted molar refractivity (Wildman–Crippen MR) is 281 cm³/mol. The molecule has 5 nitrogen and oxygen atoms in total. The molecule has 0 radical (unpaired) electrons. The van der Waals surface area contributed by atoms with E-state index in [0.717, 1.165) is 77.9 Å². The van der Waals surface area contributed by atoms with Crippen LogP contribution in [0.4, 0.5) is 0 Å². The molecule has 0 spiro atoms. The second-order valence-electron chi connectivity index (χ2n) is 17.2. The molecule has 3 aromatic heterocycles. The SMILES string of the molecule is c1ccc(-c2ccc(-c3cc(-c4nc(-c5ccccc5)nc(-c5ccc(-c6ccccc6)c(-n6c7ccccc7c7ccccc76)c5)n4)ccc3-n3c4ccccc4c4ccccc43)cc2)cc1. The topological polar surface area (TPSA) is 48.5 Å². The molecular formula is C63H41N5. The summed E-state index contributed by atoms with van der Waals surface area (Å²) in [7, 11) is 0. The van der Waals surface area contributed by atoms with Crippen LogP contribution < -0.4 is 0 Å². The fourth-order valence-electron chi connectivity index (χ4n) is 10.0. The van der Waals surface area contributed by atoms with Crippen molar-refractivity contribution in [2.45, 2.75) is 0 Å². The fourth-order valence-corrected chi connectivity index (χ4v) is 10.0. The number of hydrogen-bond donors (Lipinski definition) is 0. The molecule has 0 atom stereocenters. The molecule has 68 heavy (non-hydrogen) atoms. The molecule has 0 fully saturated rings. The largest absolute Gasteiger partial charge is 0.309 e. The number of nitrogens with zero attached hydrogens (tertiary/aromatic N) is 5. The van der Waals surface area contributed by atoms with Crippen molar-refractivity contribution < 1.29 is 0 Å². The summed E-state index contributed by atoms with van der Waals surface area (Å²) in [5, 5.41) is 4.84. The van der Waals surface area contributed by atoms with Crippen molar-refractivity contribution in [3.05, 3.63) is 249 Å². The van der Waals surface area contributed by atoms with E-state index in [1.165, 1.54) is 27.1 Å². The van der Waals surface area contributed by atoms with Gasteiger partial charge in [-0.1, -0.05) is 200 Å². The summed E-state index contributed by atoms with van der Waals surface area (Å²) < 4.78 is 4.78. The number of hydrogen-bond acceptors (Lipinski definition) is 3. The smallest absolute Gasteiger partial charge is 0.164 e. The van der Waals surface area contributed by atoms with Gasteiger partial charge in [0.25, 0.3) is 0 Å². The second kappa shape index (κ2) is 16.4. The van der Waals surface area contributed by atoms with Gasteiger partial charge in [-0.3, -0.25) is 0 Å². The van der Waals surface area contributed by atoms with Crippen LogP contribution in [0.25, 0.3) is 123 Å². The maximum atomic E-state index is 5.39. The van der Waals surface area contributed by atoms with Crippen LogP contribution in [0.2, 0.25) is 0 Å². The third-order valence-corrected chi connectivity index (χ3v) is 13.2. The Labute approximate surface area is 393 Å². The van der Waals surface area contributed by atoms with E-state index in [1.54, 1.807) is 0 Å². The molecule has 0 aliphatic rings. The van der Waals surface area contributed by atoms with Gasteiger partial charge in [-0.05, 0) is 70.8 Å². The summed E-state index contributed by atoms with van der Waals surface area (Å²) in [4.78, 5) is 15.9. The van der Waals surface area contributed by atoms with Crippen molar-refractivity contribution in [3.63, 3.8) is 0 Å². The minimum atomic E-state index is 0.593. The molecule has 0 saturated carbocycles. The van der Waals surface area contributed by atoms with Gasteiger partial charge in [-0.15, -0.1) is 0 Å². The van der Waals surface area contributed by atoms with Gasteiger partial charge in [-0.2, -0.15) is 0 Å². The van der Waals surface area contributed by atoms with E-state index in [2.05, 4.69) is 240 Å². The Morgan fingerprint density at radius 1 is 0.221 bits per heavy atom. The lowest BCUT2D eigenvalue weighted by molar-refractivity contribution is 1.07. The summed E-state index contributed by atoms with van der Waals surface area (Å²) in [6.45, 7) is 0. The zero-order valence-electron chi connectivity index (χ0n) is 36.9. The Balaban J connectivity index is 1.03. The monoisotopic (exact) mass is 867 g/mol. The Hall–Kier alpha value is -9.19. The average molecular weight is 868 g/mol. The van der Waals surface area contributed by atoms with Crippen molar-refractivity contribution in [1.29, 1.82) is 0 Å². The highest BCUT2D eigenvalue weighted by atomic mass is 15.0. The van der Waals surface area contributed by atoms with Gasteiger partial charge in [-0.25, -0.2) is 15.0 Å². The molecule has 10 aromatic carbocycles. The van der Waals surface area contributed by atoms with E-state index in [1.807, 2.05) is 18.2 Å². The molecule has 0 aliphatic carbocycles. The Morgan fingerprint density at radius 3 is 1.07 bits per heavy atom. The van der Waals surface area contributed by atoms with Crippen molar-refractivity contribution in [2.75, 3.05) is 0 Å². The highest BCUT2D eigenvalue weighted by Crippen LogP contribution is 2.41. The average Bonchev–Trinajstić information content (AvgIpc) is 3.94. The fraction of sp³-hybridized carbons (Fsp3) is 0. The van der Waals surface area contributed by atoms with Crippen molar-refractivity contribution in [2.24, 2.45) is 0 Å². The molecule has 0 aliphatic heterocycles. The molecule has 0 saturated heterocycles. The molecule has 0 unspecified atom stereocenters. The third-order valence-electron chi connectivity index (χ3n) is 13.2. The third kappa shape index (κ3) is 6.68. The van der Waals surface area contributed by atoms with E-state index in [0.29, 0.717) is 17.5 Å². The minimum absolute atomic E-state index is 0.593. The lowest BCUT2D eigenvalue weighted by Gasteiger charge is -2.17. The second-order valence-corrected chi connectivity index (χ2v) is 17.2. The van der Waals surface area contributed by atoms with Gasteiger partial charge in [0.15, 0.2) is 17.5 Å². The number of para-hydroxylation sites is 4. The maximum Gasteiger partial charge on any atom is 0.164 e. The quantitative estimate of drug-likeness (QED) is 0.153. The van der Waals surface area contributed by atoms with Gasteiger partial charge in [0.05, 0.1) is 33.4 Å². The van der Waals surface area contributed by atoms with E-state index in [4.69, 9.17) is 15.0 Å². The van der Waals surface area contributed by atoms with Gasteiger partial charge in [0, 0.05) is 49.4 Å². The molecule has 5 heteroatoms. The van der Waals surface area contributed by atoms with Gasteiger partial charge < -0.3 is 9.13 Å². The lowest BCUT2D eigenvalue weighted by atomic mass is 9.97. The first-order valence-corrected chi connectivity index (χ1v) is 23.0. The Kier molecular flexibility index (Phi) is 9.43. The molecular weight excluding hydrogens is 827 g/mol. The lowest BCUT2D eigenvalue weighted by Crippen LogP contribution is -2.03. The summed E-state index contributed by atoms with van der Waals surface area (Å²) in [5.74, 6) is 1.79. The van der Waals surface area contributed by atoms with Crippen LogP contribution in [0.3, 0.4) is 0 Å². The molecule has 13 aromatic rings. The maximum absolute atomic E-state index is 5.39. The molecule has 0 bridgehead atoms. The number of fused-ring (bicyclic) bond motifs is 6. The van der Waals surface area contributed by atoms with Crippen LogP contribution in [-0.2, 0) is 0 Å². The Morgan fingerprint density at radius 2 is 0.559 bits per heavy atom. The van der Waals surface area contributed by atoms with E-state index in [-0.39, 0.29) is 0 Å². The summed E-state index contributed by atoms with van der Waals surface area (Å²) in [5.41, 5.74) is 16.1. The zero-order valence-corrected chi connectivity index (χ0v) is 36.9. The number of rotatable bonds is 8. The highest BCUT2D eigenvalue weighted by Gasteiger charge is 2.21. The highest BCUT2D eigenvalue weighted by molar-refractivity contribution is 6.11. The minimum Gasteiger partial charge on any atom is -0.309 e. The van der Waals surface area contributed by atoms with Crippen LogP contribution in [0, 0.1) is 0 Å². The van der Waals surface area contributed by atoms with Gasteiger partial charge in [0.2, 0.25) is 0 Å². The van der Waals surface area contributed by atoms with Crippen molar-refractivity contribution in [3.8, 4) is 78.9 Å².